The molecule has 1 aromatic rings. The standard InChI is InChI=1S/C5H7N3O2.ClH/c6-5-7-1-2-8(5)3-4(9)10;/h1-2H,3H2,(H2,6,7)(H,9,10);1H. The fourth-order valence-electron chi connectivity index (χ4n) is 0.620. The topological polar surface area (TPSA) is 81.1 Å². The molecule has 0 aliphatic heterocycles. The summed E-state index contributed by atoms with van der Waals surface area (Å²) in [4.78, 5) is 13.8. The average Bonchev–Trinajstić information content (AvgIpc) is 2.15. The zero-order valence-corrected chi connectivity index (χ0v) is 6.41. The van der Waals surface area contributed by atoms with Crippen molar-refractivity contribution in [2.45, 2.75) is 6.54 Å². The molecule has 0 fully saturated rings. The molecular weight excluding hydrogens is 170 g/mol. The van der Waals surface area contributed by atoms with Crippen molar-refractivity contribution in [2.75, 3.05) is 5.73 Å². The van der Waals surface area contributed by atoms with Gasteiger partial charge in [0.2, 0.25) is 5.95 Å². The third-order valence-electron chi connectivity index (χ3n) is 1.05. The molecule has 0 saturated heterocycles. The van der Waals surface area contributed by atoms with Crippen LogP contribution in [0.3, 0.4) is 0 Å². The van der Waals surface area contributed by atoms with Crippen LogP contribution in [-0.4, -0.2) is 20.6 Å². The molecule has 0 radical (unpaired) electrons. The number of aliphatic carboxylic acids is 1. The van der Waals surface area contributed by atoms with Crippen molar-refractivity contribution < 1.29 is 9.90 Å². The van der Waals surface area contributed by atoms with Gasteiger partial charge in [-0.05, 0) is 0 Å². The predicted molar refractivity (Wildman–Crippen MR) is 41.5 cm³/mol. The maximum Gasteiger partial charge on any atom is 0.323 e. The van der Waals surface area contributed by atoms with E-state index in [1.165, 1.54) is 17.0 Å². The molecule has 0 aliphatic carbocycles. The highest BCUT2D eigenvalue weighted by Gasteiger charge is 2.00. The maximum atomic E-state index is 10.1. The number of carboxylic acid groups (broad SMARTS) is 1. The van der Waals surface area contributed by atoms with E-state index in [0.717, 1.165) is 0 Å². The minimum Gasteiger partial charge on any atom is -0.480 e. The summed E-state index contributed by atoms with van der Waals surface area (Å²) >= 11 is 0. The third kappa shape index (κ3) is 2.46. The van der Waals surface area contributed by atoms with Gasteiger partial charge in [0.25, 0.3) is 0 Å². The van der Waals surface area contributed by atoms with Gasteiger partial charge in [-0.15, -0.1) is 12.4 Å². The van der Waals surface area contributed by atoms with E-state index in [0.29, 0.717) is 0 Å². The Bertz CT molecular complexity index is 248. The number of nitrogen functional groups attached to an aromatic ring is 1. The van der Waals surface area contributed by atoms with Gasteiger partial charge >= 0.3 is 5.97 Å². The fraction of sp³-hybridized carbons (Fsp3) is 0.200. The second kappa shape index (κ2) is 3.82. The summed E-state index contributed by atoms with van der Waals surface area (Å²) in [6, 6.07) is 0. The summed E-state index contributed by atoms with van der Waals surface area (Å²) in [6.45, 7) is -0.133. The Morgan fingerprint density at radius 2 is 2.45 bits per heavy atom. The van der Waals surface area contributed by atoms with E-state index in [4.69, 9.17) is 10.8 Å². The largest absolute Gasteiger partial charge is 0.480 e. The van der Waals surface area contributed by atoms with Gasteiger partial charge in [-0.3, -0.25) is 4.79 Å². The zero-order chi connectivity index (χ0) is 7.56. The molecule has 0 saturated carbocycles. The van der Waals surface area contributed by atoms with Crippen LogP contribution >= 0.6 is 12.4 Å². The second-order valence-electron chi connectivity index (χ2n) is 1.81. The van der Waals surface area contributed by atoms with Crippen LogP contribution in [0.2, 0.25) is 0 Å². The number of hydrogen-bond acceptors (Lipinski definition) is 3. The van der Waals surface area contributed by atoms with Crippen LogP contribution in [0.1, 0.15) is 0 Å². The number of imidazole rings is 1. The predicted octanol–water partition coefficient (Wildman–Crippen LogP) is -0.0283. The Labute approximate surface area is 69.2 Å². The lowest BCUT2D eigenvalue weighted by molar-refractivity contribution is -0.137. The Kier molecular flexibility index (Phi) is 3.39. The molecule has 0 aliphatic rings. The molecular formula is C5H8ClN3O2. The van der Waals surface area contributed by atoms with Crippen molar-refractivity contribution in [1.82, 2.24) is 9.55 Å². The highest BCUT2D eigenvalue weighted by atomic mass is 35.5. The average molecular weight is 178 g/mol. The van der Waals surface area contributed by atoms with Crippen LogP contribution in [0.25, 0.3) is 0 Å². The molecule has 6 heteroatoms. The van der Waals surface area contributed by atoms with E-state index in [1.54, 1.807) is 0 Å². The first kappa shape index (κ1) is 9.77. The van der Waals surface area contributed by atoms with Gasteiger partial charge in [0.05, 0.1) is 0 Å². The van der Waals surface area contributed by atoms with Crippen LogP contribution in [0.5, 0.6) is 0 Å². The number of hydrogen-bond donors (Lipinski definition) is 2. The van der Waals surface area contributed by atoms with E-state index in [9.17, 15) is 4.79 Å². The van der Waals surface area contributed by atoms with Gasteiger partial charge in [-0.2, -0.15) is 0 Å². The van der Waals surface area contributed by atoms with Crippen LogP contribution < -0.4 is 5.73 Å². The molecule has 1 heterocycles. The molecule has 1 rings (SSSR count). The van der Waals surface area contributed by atoms with Gasteiger partial charge in [0, 0.05) is 12.4 Å². The minimum absolute atomic E-state index is 0. The number of halogens is 1. The van der Waals surface area contributed by atoms with Crippen LogP contribution in [0, 0.1) is 0 Å². The van der Waals surface area contributed by atoms with Gasteiger partial charge in [-0.1, -0.05) is 0 Å². The van der Waals surface area contributed by atoms with Crippen molar-refractivity contribution in [1.29, 1.82) is 0 Å². The molecule has 0 unspecified atom stereocenters. The van der Waals surface area contributed by atoms with Gasteiger partial charge in [0.15, 0.2) is 0 Å². The quantitative estimate of drug-likeness (QED) is 0.665. The maximum absolute atomic E-state index is 10.1. The molecule has 3 N–H and O–H groups in total. The summed E-state index contributed by atoms with van der Waals surface area (Å²) in [6.07, 6.45) is 2.97. The Balaban J connectivity index is 0.000001000. The first-order valence-corrected chi connectivity index (χ1v) is 2.68. The highest BCUT2D eigenvalue weighted by molar-refractivity contribution is 5.85. The van der Waals surface area contributed by atoms with Crippen LogP contribution in [-0.2, 0) is 11.3 Å². The Morgan fingerprint density at radius 1 is 1.82 bits per heavy atom. The normalized spacial score (nSPS) is 8.73. The first-order valence-electron chi connectivity index (χ1n) is 2.68. The minimum atomic E-state index is -0.926. The molecule has 5 nitrogen and oxygen atoms in total. The number of rotatable bonds is 2. The molecule has 0 aromatic carbocycles. The van der Waals surface area contributed by atoms with Gasteiger partial charge in [0.1, 0.15) is 6.54 Å². The molecule has 62 valence electrons. The molecule has 1 aromatic heterocycles. The van der Waals surface area contributed by atoms with Crippen molar-refractivity contribution in [3.8, 4) is 0 Å². The second-order valence-corrected chi connectivity index (χ2v) is 1.81. The fourth-order valence-corrected chi connectivity index (χ4v) is 0.620. The summed E-state index contributed by atoms with van der Waals surface area (Å²) in [5.74, 6) is -0.702. The molecule has 0 spiro atoms. The van der Waals surface area contributed by atoms with Gasteiger partial charge < -0.3 is 15.4 Å². The number of aromatic nitrogens is 2. The number of carbonyl (C=O) groups is 1. The monoisotopic (exact) mass is 177 g/mol. The summed E-state index contributed by atoms with van der Waals surface area (Å²) in [7, 11) is 0. The first-order chi connectivity index (χ1) is 4.70. The number of carboxylic acids is 1. The summed E-state index contributed by atoms with van der Waals surface area (Å²) in [5.41, 5.74) is 5.28. The number of anilines is 1. The number of nitrogens with zero attached hydrogens (tertiary/aromatic N) is 2. The zero-order valence-electron chi connectivity index (χ0n) is 5.60. The van der Waals surface area contributed by atoms with E-state index in [2.05, 4.69) is 4.98 Å². The smallest absolute Gasteiger partial charge is 0.323 e. The van der Waals surface area contributed by atoms with Gasteiger partial charge in [-0.25, -0.2) is 4.98 Å². The molecule has 0 amide bonds. The lowest BCUT2D eigenvalue weighted by Crippen LogP contribution is -2.10. The third-order valence-corrected chi connectivity index (χ3v) is 1.05. The van der Waals surface area contributed by atoms with Crippen LogP contribution in [0.15, 0.2) is 12.4 Å². The molecule has 0 bridgehead atoms. The molecule has 11 heavy (non-hydrogen) atoms. The van der Waals surface area contributed by atoms with Crippen molar-refractivity contribution >= 4 is 24.3 Å². The lowest BCUT2D eigenvalue weighted by Gasteiger charge is -1.97. The van der Waals surface area contributed by atoms with E-state index in [1.807, 2.05) is 0 Å². The summed E-state index contributed by atoms with van der Waals surface area (Å²) in [5, 5.41) is 8.31. The Morgan fingerprint density at radius 3 is 2.82 bits per heavy atom. The van der Waals surface area contributed by atoms with Crippen molar-refractivity contribution in [3.63, 3.8) is 0 Å². The number of nitrogens with two attached hydrogens (primary N) is 1. The molecule has 0 atom stereocenters. The van der Waals surface area contributed by atoms with E-state index < -0.39 is 5.97 Å². The van der Waals surface area contributed by atoms with Crippen molar-refractivity contribution in [3.05, 3.63) is 12.4 Å². The van der Waals surface area contributed by atoms with E-state index >= 15 is 0 Å². The highest BCUT2D eigenvalue weighted by Crippen LogP contribution is 1.96. The van der Waals surface area contributed by atoms with Crippen molar-refractivity contribution in [2.24, 2.45) is 0 Å². The lowest BCUT2D eigenvalue weighted by atomic mass is 10.6. The summed E-state index contributed by atoms with van der Waals surface area (Å²) < 4.78 is 1.35. The van der Waals surface area contributed by atoms with Crippen LogP contribution in [0.4, 0.5) is 5.95 Å². The van der Waals surface area contributed by atoms with E-state index in [-0.39, 0.29) is 24.9 Å². The SMILES string of the molecule is Cl.Nc1nccn1CC(=O)O. The Hall–Kier alpha value is -1.23.